The Kier molecular flexibility index (Phi) is 6.38. The summed E-state index contributed by atoms with van der Waals surface area (Å²) in [5, 5.41) is 0. The Hall–Kier alpha value is -2.49. The maximum atomic E-state index is 5.92. The minimum absolute atomic E-state index is 0.637. The smallest absolute Gasteiger partial charge is 0.147 e. The molecule has 29 heavy (non-hydrogen) atoms. The Morgan fingerprint density at radius 2 is 1.76 bits per heavy atom. The van der Waals surface area contributed by atoms with Crippen molar-refractivity contribution in [2.75, 3.05) is 6.61 Å². The fourth-order valence-electron chi connectivity index (χ4n) is 4.28. The van der Waals surface area contributed by atoms with E-state index in [1.165, 1.54) is 61.9 Å². The Morgan fingerprint density at radius 1 is 1.00 bits per heavy atom. The predicted molar refractivity (Wildman–Crippen MR) is 120 cm³/mol. The molecule has 0 aromatic carbocycles. The molecule has 0 unspecified atom stereocenters. The average Bonchev–Trinajstić information content (AvgIpc) is 3.40. The van der Waals surface area contributed by atoms with Gasteiger partial charge in [-0.25, -0.2) is 4.99 Å². The first-order valence-corrected chi connectivity index (χ1v) is 11.2. The van der Waals surface area contributed by atoms with Crippen molar-refractivity contribution >= 4 is 11.8 Å². The molecule has 4 heteroatoms. The Bertz CT molecular complexity index is 926. The molecule has 4 nitrogen and oxygen atoms in total. The number of aromatic nitrogens is 2. The minimum Gasteiger partial charge on any atom is -0.492 e. The molecule has 2 bridgehead atoms. The lowest BCUT2D eigenvalue weighted by Gasteiger charge is -2.06. The molecular formula is C25H33N3O. The van der Waals surface area contributed by atoms with E-state index in [0.717, 1.165) is 41.4 Å². The van der Waals surface area contributed by atoms with Gasteiger partial charge < -0.3 is 14.7 Å². The number of hydrogen-bond donors (Lipinski definition) is 2. The van der Waals surface area contributed by atoms with E-state index in [1.807, 2.05) is 13.0 Å². The van der Waals surface area contributed by atoms with Crippen molar-refractivity contribution in [1.82, 2.24) is 9.97 Å². The minimum atomic E-state index is 0.637. The SMILES string of the molecule is CCOC1=CC(c2ccc(C)[nH]2)=NC1=Cc1[nH]c2cc1CCCCCCCCC2. The maximum Gasteiger partial charge on any atom is 0.147 e. The molecule has 0 saturated carbocycles. The van der Waals surface area contributed by atoms with Crippen LogP contribution in [0.3, 0.4) is 0 Å². The van der Waals surface area contributed by atoms with Crippen LogP contribution in [0.4, 0.5) is 0 Å². The zero-order valence-corrected chi connectivity index (χ0v) is 17.8. The van der Waals surface area contributed by atoms with E-state index in [2.05, 4.69) is 41.2 Å². The normalized spacial score (nSPS) is 19.4. The predicted octanol–water partition coefficient (Wildman–Crippen LogP) is 6.24. The summed E-state index contributed by atoms with van der Waals surface area (Å²) < 4.78 is 5.92. The van der Waals surface area contributed by atoms with Gasteiger partial charge in [0.2, 0.25) is 0 Å². The van der Waals surface area contributed by atoms with Crippen molar-refractivity contribution in [2.45, 2.75) is 71.6 Å². The molecule has 0 amide bonds. The van der Waals surface area contributed by atoms with E-state index in [-0.39, 0.29) is 0 Å². The van der Waals surface area contributed by atoms with Gasteiger partial charge in [-0.3, -0.25) is 0 Å². The van der Waals surface area contributed by atoms with Crippen molar-refractivity contribution < 1.29 is 4.74 Å². The lowest BCUT2D eigenvalue weighted by atomic mass is 10.0. The number of nitrogens with zero attached hydrogens (tertiary/aromatic N) is 1. The molecule has 2 aliphatic rings. The highest BCUT2D eigenvalue weighted by Crippen LogP contribution is 2.28. The zero-order chi connectivity index (χ0) is 20.1. The molecule has 1 aliphatic heterocycles. The number of aryl methyl sites for hydroxylation is 3. The largest absolute Gasteiger partial charge is 0.492 e. The number of allylic oxidation sites excluding steroid dienone is 1. The number of aliphatic imine (C=N–C) groups is 1. The number of fused-ring (bicyclic) bond motifs is 2. The second-order valence-electron chi connectivity index (χ2n) is 8.23. The summed E-state index contributed by atoms with van der Waals surface area (Å²) in [6, 6.07) is 6.54. The van der Waals surface area contributed by atoms with Gasteiger partial charge >= 0.3 is 0 Å². The molecule has 1 aliphatic carbocycles. The van der Waals surface area contributed by atoms with Gasteiger partial charge in [0.25, 0.3) is 0 Å². The monoisotopic (exact) mass is 391 g/mol. The van der Waals surface area contributed by atoms with E-state index in [0.29, 0.717) is 6.61 Å². The molecule has 0 saturated heterocycles. The quantitative estimate of drug-likeness (QED) is 0.636. The molecule has 3 heterocycles. The van der Waals surface area contributed by atoms with E-state index in [9.17, 15) is 0 Å². The molecular weight excluding hydrogens is 358 g/mol. The number of ether oxygens (including phenoxy) is 1. The third kappa shape index (κ3) is 4.92. The van der Waals surface area contributed by atoms with Gasteiger partial charge in [0.15, 0.2) is 0 Å². The molecule has 154 valence electrons. The highest BCUT2D eigenvalue weighted by Gasteiger charge is 2.19. The topological polar surface area (TPSA) is 53.2 Å². The molecule has 2 aromatic heterocycles. The van der Waals surface area contributed by atoms with Crippen molar-refractivity contribution in [1.29, 1.82) is 0 Å². The van der Waals surface area contributed by atoms with E-state index in [1.54, 1.807) is 0 Å². The Labute approximate surface area is 174 Å². The van der Waals surface area contributed by atoms with Crippen LogP contribution in [0, 0.1) is 6.92 Å². The third-order valence-corrected chi connectivity index (χ3v) is 5.83. The molecule has 0 spiro atoms. The van der Waals surface area contributed by atoms with Gasteiger partial charge in [0, 0.05) is 23.2 Å². The first kappa shape index (κ1) is 19.8. The van der Waals surface area contributed by atoms with Crippen LogP contribution in [0.1, 0.15) is 80.2 Å². The highest BCUT2D eigenvalue weighted by molar-refractivity contribution is 6.11. The number of rotatable bonds is 4. The summed E-state index contributed by atoms with van der Waals surface area (Å²) in [4.78, 5) is 12.0. The van der Waals surface area contributed by atoms with Gasteiger partial charge in [-0.1, -0.05) is 32.1 Å². The van der Waals surface area contributed by atoms with Crippen molar-refractivity contribution in [3.63, 3.8) is 0 Å². The molecule has 4 rings (SSSR count). The number of nitrogens with one attached hydrogen (secondary N) is 2. The molecule has 0 atom stereocenters. The van der Waals surface area contributed by atoms with Crippen LogP contribution < -0.4 is 0 Å². The van der Waals surface area contributed by atoms with Crippen LogP contribution in [-0.2, 0) is 17.6 Å². The zero-order valence-electron chi connectivity index (χ0n) is 17.8. The van der Waals surface area contributed by atoms with E-state index < -0.39 is 0 Å². The summed E-state index contributed by atoms with van der Waals surface area (Å²) in [5.41, 5.74) is 8.00. The van der Waals surface area contributed by atoms with Crippen LogP contribution in [0.2, 0.25) is 0 Å². The highest BCUT2D eigenvalue weighted by atomic mass is 16.5. The number of H-pyrrole nitrogens is 2. The third-order valence-electron chi connectivity index (χ3n) is 5.83. The second-order valence-corrected chi connectivity index (χ2v) is 8.23. The number of hydrogen-bond acceptors (Lipinski definition) is 2. The molecule has 0 fully saturated rings. The Morgan fingerprint density at radius 3 is 2.48 bits per heavy atom. The summed E-state index contributed by atoms with van der Waals surface area (Å²) in [5.74, 6) is 0.856. The Balaban J connectivity index is 1.64. The van der Waals surface area contributed by atoms with Crippen LogP contribution in [-0.4, -0.2) is 22.3 Å². The summed E-state index contributed by atoms with van der Waals surface area (Å²) in [7, 11) is 0. The standard InChI is InChI=1S/C25H33N3O/c1-3-29-25-17-23(21-14-13-18(2)26-21)28-24(25)16-22-19-11-9-7-5-4-6-8-10-12-20(15-19)27-22/h13-17,26-27H,3-12H2,1-2H3. The molecule has 2 N–H and O–H groups in total. The van der Waals surface area contributed by atoms with Crippen molar-refractivity contribution in [2.24, 2.45) is 4.99 Å². The molecule has 2 aromatic rings. The van der Waals surface area contributed by atoms with Gasteiger partial charge in [0.05, 0.1) is 18.0 Å². The van der Waals surface area contributed by atoms with Crippen LogP contribution >= 0.6 is 0 Å². The maximum absolute atomic E-state index is 5.92. The first-order valence-electron chi connectivity index (χ1n) is 11.2. The average molecular weight is 392 g/mol. The molecule has 0 radical (unpaired) electrons. The van der Waals surface area contributed by atoms with Gasteiger partial charge in [-0.15, -0.1) is 0 Å². The van der Waals surface area contributed by atoms with Gasteiger partial charge in [0.1, 0.15) is 11.5 Å². The van der Waals surface area contributed by atoms with Crippen LogP contribution in [0.25, 0.3) is 6.08 Å². The summed E-state index contributed by atoms with van der Waals surface area (Å²) in [6.07, 6.45) is 15.8. The lowest BCUT2D eigenvalue weighted by Crippen LogP contribution is -1.94. The first-order chi connectivity index (χ1) is 14.2. The summed E-state index contributed by atoms with van der Waals surface area (Å²) >= 11 is 0. The van der Waals surface area contributed by atoms with E-state index in [4.69, 9.17) is 9.73 Å². The van der Waals surface area contributed by atoms with Gasteiger partial charge in [-0.05, 0) is 69.4 Å². The van der Waals surface area contributed by atoms with E-state index >= 15 is 0 Å². The number of aromatic amines is 2. The van der Waals surface area contributed by atoms with Crippen molar-refractivity contribution in [3.05, 3.63) is 64.1 Å². The summed E-state index contributed by atoms with van der Waals surface area (Å²) in [6.45, 7) is 4.72. The van der Waals surface area contributed by atoms with Crippen LogP contribution in [0.5, 0.6) is 0 Å². The lowest BCUT2D eigenvalue weighted by molar-refractivity contribution is 0.239. The fourth-order valence-corrected chi connectivity index (χ4v) is 4.28. The second kappa shape index (κ2) is 9.34. The van der Waals surface area contributed by atoms with Crippen molar-refractivity contribution in [3.8, 4) is 0 Å². The fraction of sp³-hybridized carbons (Fsp3) is 0.480. The van der Waals surface area contributed by atoms with Crippen LogP contribution in [0.15, 0.2) is 40.7 Å². The van der Waals surface area contributed by atoms with Gasteiger partial charge in [-0.2, -0.15) is 0 Å².